The van der Waals surface area contributed by atoms with Crippen molar-refractivity contribution in [1.29, 1.82) is 0 Å². The molecule has 0 fully saturated rings. The Morgan fingerprint density at radius 1 is 1.00 bits per heavy atom. The lowest BCUT2D eigenvalue weighted by Crippen LogP contribution is -2.08. The fraction of sp³-hybridized carbons (Fsp3) is 0.133. The molecule has 2 rings (SSSR count). The van der Waals surface area contributed by atoms with Gasteiger partial charge in [-0.3, -0.25) is 14.6 Å². The van der Waals surface area contributed by atoms with Gasteiger partial charge in [0.2, 0.25) is 0 Å². The monoisotopic (exact) mass is 275 g/mol. The summed E-state index contributed by atoms with van der Waals surface area (Å²) >= 11 is 0. The highest BCUT2D eigenvalue weighted by molar-refractivity contribution is 6.01. The second kappa shape index (κ2) is 6.14. The Bertz CT molecular complexity index is 656. The van der Waals surface area contributed by atoms with Crippen molar-refractivity contribution in [2.45, 2.75) is 12.8 Å². The Hall–Kier alpha value is -2.43. The molecule has 0 aliphatic heterocycles. The van der Waals surface area contributed by atoms with Crippen LogP contribution in [-0.4, -0.2) is 16.6 Å². The lowest BCUT2D eigenvalue weighted by atomic mass is 10.0. The summed E-state index contributed by atoms with van der Waals surface area (Å²) in [4.78, 5) is 27.2. The minimum atomic E-state index is -0.712. The van der Waals surface area contributed by atoms with Gasteiger partial charge in [0.05, 0.1) is 0 Å². The maximum absolute atomic E-state index is 13.3. The zero-order valence-electron chi connectivity index (χ0n) is 10.5. The van der Waals surface area contributed by atoms with Crippen LogP contribution in [0, 0.1) is 11.6 Å². The highest BCUT2D eigenvalue weighted by atomic mass is 19.1. The van der Waals surface area contributed by atoms with E-state index in [4.69, 9.17) is 0 Å². The third kappa shape index (κ3) is 3.32. The topological polar surface area (TPSA) is 47.0 Å². The molecule has 20 heavy (non-hydrogen) atoms. The van der Waals surface area contributed by atoms with Crippen LogP contribution in [0.2, 0.25) is 0 Å². The summed E-state index contributed by atoms with van der Waals surface area (Å²) in [5.41, 5.74) is -0.0844. The summed E-state index contributed by atoms with van der Waals surface area (Å²) in [5.74, 6) is -2.14. The minimum absolute atomic E-state index is 0.113. The lowest BCUT2D eigenvalue weighted by Gasteiger charge is -2.02. The SMILES string of the molecule is O=C(CCC(=O)c1ncccc1F)c1cccc(F)c1. The molecule has 0 saturated carbocycles. The molecule has 0 amide bonds. The average Bonchev–Trinajstić information content (AvgIpc) is 2.45. The first-order valence-electron chi connectivity index (χ1n) is 6.00. The van der Waals surface area contributed by atoms with Crippen LogP contribution in [0.3, 0.4) is 0 Å². The summed E-state index contributed by atoms with van der Waals surface area (Å²) in [7, 11) is 0. The molecule has 0 unspecified atom stereocenters. The van der Waals surface area contributed by atoms with Crippen LogP contribution >= 0.6 is 0 Å². The van der Waals surface area contributed by atoms with Crippen LogP contribution in [0.1, 0.15) is 33.7 Å². The van der Waals surface area contributed by atoms with Gasteiger partial charge in [0.25, 0.3) is 0 Å². The first-order chi connectivity index (χ1) is 9.58. The van der Waals surface area contributed by atoms with E-state index < -0.39 is 17.4 Å². The first kappa shape index (κ1) is 14.0. The zero-order chi connectivity index (χ0) is 14.5. The smallest absolute Gasteiger partial charge is 0.184 e. The third-order valence-corrected chi connectivity index (χ3v) is 2.75. The Labute approximate surface area is 114 Å². The summed E-state index contributed by atoms with van der Waals surface area (Å²) in [6.07, 6.45) is 1.03. The average molecular weight is 275 g/mol. The normalized spacial score (nSPS) is 10.3. The molecular formula is C15H11F2NO2. The number of hydrogen-bond donors (Lipinski definition) is 0. The second-order valence-electron chi connectivity index (χ2n) is 4.19. The number of benzene rings is 1. The van der Waals surface area contributed by atoms with E-state index in [0.717, 1.165) is 12.1 Å². The van der Waals surface area contributed by atoms with Crippen molar-refractivity contribution in [3.63, 3.8) is 0 Å². The van der Waals surface area contributed by atoms with Crippen LogP contribution in [0.15, 0.2) is 42.6 Å². The van der Waals surface area contributed by atoms with Crippen LogP contribution in [0.5, 0.6) is 0 Å². The molecule has 0 aliphatic carbocycles. The Morgan fingerprint density at radius 2 is 1.75 bits per heavy atom. The van der Waals surface area contributed by atoms with E-state index in [-0.39, 0.29) is 29.9 Å². The molecule has 0 spiro atoms. The van der Waals surface area contributed by atoms with Gasteiger partial charge in [-0.2, -0.15) is 0 Å². The van der Waals surface area contributed by atoms with Gasteiger partial charge < -0.3 is 0 Å². The van der Waals surface area contributed by atoms with Crippen molar-refractivity contribution in [2.75, 3.05) is 0 Å². The summed E-state index contributed by atoms with van der Waals surface area (Å²) in [5, 5.41) is 0. The van der Waals surface area contributed by atoms with Gasteiger partial charge >= 0.3 is 0 Å². The first-order valence-corrected chi connectivity index (χ1v) is 6.00. The molecule has 3 nitrogen and oxygen atoms in total. The lowest BCUT2D eigenvalue weighted by molar-refractivity contribution is 0.0912. The van der Waals surface area contributed by atoms with E-state index in [0.29, 0.717) is 0 Å². The molecule has 0 N–H and O–H groups in total. The molecule has 1 heterocycles. The van der Waals surface area contributed by atoms with Crippen LogP contribution < -0.4 is 0 Å². The largest absolute Gasteiger partial charge is 0.294 e. The van der Waals surface area contributed by atoms with Crippen molar-refractivity contribution < 1.29 is 18.4 Å². The van der Waals surface area contributed by atoms with Gasteiger partial charge in [0, 0.05) is 24.6 Å². The van der Waals surface area contributed by atoms with Crippen LogP contribution in [0.25, 0.3) is 0 Å². The van der Waals surface area contributed by atoms with Gasteiger partial charge in [0.1, 0.15) is 11.5 Å². The molecule has 0 saturated heterocycles. The third-order valence-electron chi connectivity index (χ3n) is 2.75. The summed E-state index contributed by atoms with van der Waals surface area (Å²) < 4.78 is 26.3. The van der Waals surface area contributed by atoms with E-state index in [1.165, 1.54) is 30.5 Å². The number of carbonyl (C=O) groups excluding carboxylic acids is 2. The number of carbonyl (C=O) groups is 2. The quantitative estimate of drug-likeness (QED) is 0.787. The van der Waals surface area contributed by atoms with E-state index >= 15 is 0 Å². The number of halogens is 2. The molecule has 0 aliphatic rings. The molecule has 1 aromatic heterocycles. The van der Waals surface area contributed by atoms with Crippen molar-refractivity contribution in [2.24, 2.45) is 0 Å². The van der Waals surface area contributed by atoms with E-state index in [2.05, 4.69) is 4.98 Å². The van der Waals surface area contributed by atoms with Gasteiger partial charge in [-0.25, -0.2) is 8.78 Å². The predicted molar refractivity (Wildman–Crippen MR) is 68.5 cm³/mol. The van der Waals surface area contributed by atoms with E-state index in [9.17, 15) is 18.4 Å². The molecule has 5 heteroatoms. The fourth-order valence-corrected chi connectivity index (χ4v) is 1.74. The van der Waals surface area contributed by atoms with Crippen molar-refractivity contribution >= 4 is 11.6 Å². The Morgan fingerprint density at radius 3 is 2.45 bits per heavy atom. The number of Topliss-reactive ketones (excluding diaryl/α,β-unsaturated/α-hetero) is 2. The van der Waals surface area contributed by atoms with Crippen molar-refractivity contribution in [3.8, 4) is 0 Å². The number of ketones is 2. The molecule has 0 bridgehead atoms. The number of nitrogens with zero attached hydrogens (tertiary/aromatic N) is 1. The van der Waals surface area contributed by atoms with Gasteiger partial charge in [0.15, 0.2) is 17.4 Å². The van der Waals surface area contributed by atoms with Crippen molar-refractivity contribution in [1.82, 2.24) is 4.98 Å². The molecular weight excluding hydrogens is 264 g/mol. The number of aromatic nitrogens is 1. The Kier molecular flexibility index (Phi) is 4.30. The summed E-state index contributed by atoms with van der Waals surface area (Å²) in [6.45, 7) is 0. The minimum Gasteiger partial charge on any atom is -0.294 e. The van der Waals surface area contributed by atoms with Crippen LogP contribution in [-0.2, 0) is 0 Å². The molecule has 102 valence electrons. The second-order valence-corrected chi connectivity index (χ2v) is 4.19. The predicted octanol–water partition coefficient (Wildman–Crippen LogP) is 3.21. The molecule has 1 aromatic carbocycles. The fourth-order valence-electron chi connectivity index (χ4n) is 1.74. The van der Waals surface area contributed by atoms with E-state index in [1.807, 2.05) is 0 Å². The highest BCUT2D eigenvalue weighted by Crippen LogP contribution is 2.11. The van der Waals surface area contributed by atoms with Crippen molar-refractivity contribution in [3.05, 3.63) is 65.5 Å². The van der Waals surface area contributed by atoms with Crippen LogP contribution in [0.4, 0.5) is 8.78 Å². The standard InChI is InChI=1S/C15H11F2NO2/c16-11-4-1-3-10(9-11)13(19)6-7-14(20)15-12(17)5-2-8-18-15/h1-5,8-9H,6-7H2. The molecule has 2 aromatic rings. The Balaban J connectivity index is 2.01. The van der Waals surface area contributed by atoms with Gasteiger partial charge in [-0.1, -0.05) is 12.1 Å². The highest BCUT2D eigenvalue weighted by Gasteiger charge is 2.15. The van der Waals surface area contributed by atoms with Gasteiger partial charge in [-0.05, 0) is 24.3 Å². The molecule has 0 atom stereocenters. The van der Waals surface area contributed by atoms with Gasteiger partial charge in [-0.15, -0.1) is 0 Å². The number of hydrogen-bond acceptors (Lipinski definition) is 3. The maximum atomic E-state index is 13.3. The molecule has 0 radical (unpaired) electrons. The van der Waals surface area contributed by atoms with E-state index in [1.54, 1.807) is 0 Å². The zero-order valence-corrected chi connectivity index (χ0v) is 10.5. The summed E-state index contributed by atoms with van der Waals surface area (Å²) in [6, 6.07) is 7.73. The number of rotatable bonds is 5. The maximum Gasteiger partial charge on any atom is 0.184 e. The number of pyridine rings is 1.